The Morgan fingerprint density at radius 1 is 1.53 bits per heavy atom. The van der Waals surface area contributed by atoms with Crippen LogP contribution in [0.4, 0.5) is 0 Å². The summed E-state index contributed by atoms with van der Waals surface area (Å²) in [4.78, 5) is 12.2. The van der Waals surface area contributed by atoms with Crippen molar-refractivity contribution < 1.29 is 9.90 Å². The van der Waals surface area contributed by atoms with Gasteiger partial charge in [-0.05, 0) is 26.7 Å². The number of carbonyl (C=O) groups excluding carboxylic acids is 1. The Balaban J connectivity index is 2.06. The topological polar surface area (TPSA) is 67.2 Å². The number of nitrogens with zero attached hydrogens (tertiary/aromatic N) is 2. The Hall–Kier alpha value is -1.07. The molecule has 0 saturated heterocycles. The molecule has 0 spiro atoms. The van der Waals surface area contributed by atoms with Crippen LogP contribution in [0.3, 0.4) is 0 Å². The molecule has 1 saturated carbocycles. The molecule has 0 atom stereocenters. The number of aromatic nitrogens is 2. The first-order chi connectivity index (χ1) is 8.97. The molecule has 19 heavy (non-hydrogen) atoms. The fourth-order valence-corrected chi connectivity index (χ4v) is 2.94. The van der Waals surface area contributed by atoms with Gasteiger partial charge < -0.3 is 10.4 Å². The van der Waals surface area contributed by atoms with E-state index in [0.717, 1.165) is 25.7 Å². The monoisotopic (exact) mass is 285 g/mol. The standard InChI is InChI=1S/C13H20ClN3O2/c1-3-17-11(14)10(9(2)16-17)12(18)15-8-13(19)6-4-5-7-13/h19H,3-8H2,1-2H3,(H,15,18). The maximum atomic E-state index is 12.2. The van der Waals surface area contributed by atoms with E-state index < -0.39 is 5.60 Å². The van der Waals surface area contributed by atoms with Crippen molar-refractivity contribution in [3.8, 4) is 0 Å². The van der Waals surface area contributed by atoms with Gasteiger partial charge in [-0.1, -0.05) is 24.4 Å². The van der Waals surface area contributed by atoms with Gasteiger partial charge in [-0.25, -0.2) is 0 Å². The molecule has 0 radical (unpaired) electrons. The van der Waals surface area contributed by atoms with Crippen LogP contribution in [0.5, 0.6) is 0 Å². The van der Waals surface area contributed by atoms with Crippen LogP contribution >= 0.6 is 11.6 Å². The third kappa shape index (κ3) is 2.92. The highest BCUT2D eigenvalue weighted by Gasteiger charge is 2.32. The molecule has 5 nitrogen and oxygen atoms in total. The number of carbonyl (C=O) groups is 1. The maximum Gasteiger partial charge on any atom is 0.256 e. The van der Waals surface area contributed by atoms with Crippen molar-refractivity contribution in [2.24, 2.45) is 0 Å². The Labute approximate surface area is 117 Å². The number of halogens is 1. The lowest BCUT2D eigenvalue weighted by Gasteiger charge is -2.22. The fourth-order valence-electron chi connectivity index (χ4n) is 2.56. The van der Waals surface area contributed by atoms with Gasteiger partial charge in [0.25, 0.3) is 5.91 Å². The van der Waals surface area contributed by atoms with E-state index in [1.54, 1.807) is 11.6 Å². The van der Waals surface area contributed by atoms with Crippen molar-refractivity contribution in [3.63, 3.8) is 0 Å². The molecule has 6 heteroatoms. The van der Waals surface area contributed by atoms with Crippen LogP contribution in [0, 0.1) is 6.92 Å². The Bertz CT molecular complexity index is 478. The van der Waals surface area contributed by atoms with Gasteiger partial charge in [-0.3, -0.25) is 9.48 Å². The lowest BCUT2D eigenvalue weighted by atomic mass is 10.0. The van der Waals surface area contributed by atoms with Gasteiger partial charge in [0, 0.05) is 13.1 Å². The third-order valence-corrected chi connectivity index (χ3v) is 4.09. The summed E-state index contributed by atoms with van der Waals surface area (Å²) in [5.41, 5.74) is 0.268. The second kappa shape index (κ2) is 5.51. The molecule has 106 valence electrons. The zero-order chi connectivity index (χ0) is 14.0. The van der Waals surface area contributed by atoms with Gasteiger partial charge in [-0.15, -0.1) is 0 Å². The van der Waals surface area contributed by atoms with Crippen LogP contribution in [0.1, 0.15) is 48.7 Å². The summed E-state index contributed by atoms with van der Waals surface area (Å²) in [5.74, 6) is -0.262. The summed E-state index contributed by atoms with van der Waals surface area (Å²) >= 11 is 6.13. The van der Waals surface area contributed by atoms with Gasteiger partial charge in [0.2, 0.25) is 0 Å². The largest absolute Gasteiger partial charge is 0.388 e. The maximum absolute atomic E-state index is 12.2. The second-order valence-corrected chi connectivity index (χ2v) is 5.54. The quantitative estimate of drug-likeness (QED) is 0.888. The average Bonchev–Trinajstić information content (AvgIpc) is 2.92. The van der Waals surface area contributed by atoms with E-state index in [-0.39, 0.29) is 12.5 Å². The summed E-state index contributed by atoms with van der Waals surface area (Å²) in [5, 5.41) is 17.5. The van der Waals surface area contributed by atoms with Crippen LogP contribution in [-0.4, -0.2) is 32.9 Å². The fraction of sp³-hybridized carbons (Fsp3) is 0.692. The molecule has 1 aromatic heterocycles. The van der Waals surface area contributed by atoms with E-state index in [1.165, 1.54) is 0 Å². The second-order valence-electron chi connectivity index (χ2n) is 5.18. The highest BCUT2D eigenvalue weighted by atomic mass is 35.5. The van der Waals surface area contributed by atoms with Crippen LogP contribution < -0.4 is 5.32 Å². The number of hydrogen-bond donors (Lipinski definition) is 2. The summed E-state index contributed by atoms with van der Waals surface area (Å²) < 4.78 is 1.59. The summed E-state index contributed by atoms with van der Waals surface area (Å²) in [6.45, 7) is 4.58. The normalized spacial score (nSPS) is 17.7. The van der Waals surface area contributed by atoms with Crippen molar-refractivity contribution in [2.75, 3.05) is 6.54 Å². The molecular formula is C13H20ClN3O2. The van der Waals surface area contributed by atoms with Gasteiger partial charge >= 0.3 is 0 Å². The van der Waals surface area contributed by atoms with Crippen molar-refractivity contribution >= 4 is 17.5 Å². The van der Waals surface area contributed by atoms with E-state index in [9.17, 15) is 9.90 Å². The molecule has 1 heterocycles. The molecule has 0 unspecified atom stereocenters. The lowest BCUT2D eigenvalue weighted by molar-refractivity contribution is 0.0449. The van der Waals surface area contributed by atoms with Crippen molar-refractivity contribution in [1.29, 1.82) is 0 Å². The van der Waals surface area contributed by atoms with Crippen molar-refractivity contribution in [1.82, 2.24) is 15.1 Å². The smallest absolute Gasteiger partial charge is 0.256 e. The minimum Gasteiger partial charge on any atom is -0.388 e. The number of amides is 1. The van der Waals surface area contributed by atoms with Gasteiger partial charge in [-0.2, -0.15) is 5.10 Å². The molecule has 2 N–H and O–H groups in total. The molecule has 1 aliphatic carbocycles. The zero-order valence-corrected chi connectivity index (χ0v) is 12.1. The zero-order valence-electron chi connectivity index (χ0n) is 11.4. The van der Waals surface area contributed by atoms with E-state index in [2.05, 4.69) is 10.4 Å². The SMILES string of the molecule is CCn1nc(C)c(C(=O)NCC2(O)CCCC2)c1Cl. The van der Waals surface area contributed by atoms with Crippen molar-refractivity contribution in [3.05, 3.63) is 16.4 Å². The van der Waals surface area contributed by atoms with Crippen LogP contribution in [-0.2, 0) is 6.54 Å². The number of aliphatic hydroxyl groups is 1. The predicted molar refractivity (Wildman–Crippen MR) is 73.4 cm³/mol. The van der Waals surface area contributed by atoms with E-state index in [0.29, 0.717) is 23.0 Å². The molecule has 2 rings (SSSR count). The van der Waals surface area contributed by atoms with Crippen molar-refractivity contribution in [2.45, 2.75) is 51.7 Å². The first-order valence-electron chi connectivity index (χ1n) is 6.70. The van der Waals surface area contributed by atoms with Crippen LogP contribution in [0.15, 0.2) is 0 Å². The third-order valence-electron chi connectivity index (χ3n) is 3.70. The molecule has 1 amide bonds. The lowest BCUT2D eigenvalue weighted by Crippen LogP contribution is -2.40. The van der Waals surface area contributed by atoms with Gasteiger partial charge in [0.15, 0.2) is 0 Å². The predicted octanol–water partition coefficient (Wildman–Crippen LogP) is 1.90. The number of aryl methyl sites for hydroxylation is 2. The summed E-state index contributed by atoms with van der Waals surface area (Å²) in [6, 6.07) is 0. The number of nitrogens with one attached hydrogen (secondary N) is 1. The Kier molecular flexibility index (Phi) is 4.16. The Morgan fingerprint density at radius 2 is 2.16 bits per heavy atom. The Morgan fingerprint density at radius 3 is 2.68 bits per heavy atom. The molecule has 0 aliphatic heterocycles. The average molecular weight is 286 g/mol. The summed E-state index contributed by atoms with van der Waals surface area (Å²) in [7, 11) is 0. The first kappa shape index (κ1) is 14.3. The minimum atomic E-state index is -0.753. The van der Waals surface area contributed by atoms with E-state index in [1.807, 2.05) is 6.92 Å². The highest BCUT2D eigenvalue weighted by Crippen LogP contribution is 2.29. The van der Waals surface area contributed by atoms with Crippen LogP contribution in [0.2, 0.25) is 5.15 Å². The van der Waals surface area contributed by atoms with E-state index >= 15 is 0 Å². The molecule has 1 fully saturated rings. The van der Waals surface area contributed by atoms with E-state index in [4.69, 9.17) is 11.6 Å². The van der Waals surface area contributed by atoms with Gasteiger partial charge in [0.1, 0.15) is 5.15 Å². The number of rotatable bonds is 4. The van der Waals surface area contributed by atoms with Crippen LogP contribution in [0.25, 0.3) is 0 Å². The highest BCUT2D eigenvalue weighted by molar-refractivity contribution is 6.33. The molecule has 0 bridgehead atoms. The minimum absolute atomic E-state index is 0.262. The molecular weight excluding hydrogens is 266 g/mol. The molecule has 1 aromatic rings. The molecule has 0 aromatic carbocycles. The number of hydrogen-bond acceptors (Lipinski definition) is 3. The first-order valence-corrected chi connectivity index (χ1v) is 7.08. The molecule has 1 aliphatic rings. The van der Waals surface area contributed by atoms with Gasteiger partial charge in [0.05, 0.1) is 16.9 Å². The summed E-state index contributed by atoms with van der Waals surface area (Å²) in [6.07, 6.45) is 3.52.